The zero-order valence-corrected chi connectivity index (χ0v) is 16.8. The minimum Gasteiger partial charge on any atom is -0.496 e. The van der Waals surface area contributed by atoms with E-state index in [-0.39, 0.29) is 12.4 Å². The first kappa shape index (κ1) is 21.4. The average Bonchev–Trinajstić information content (AvgIpc) is 3.27. The molecule has 0 atom stereocenters. The summed E-state index contributed by atoms with van der Waals surface area (Å²) < 4.78 is 62.2. The summed E-state index contributed by atoms with van der Waals surface area (Å²) in [5.74, 6) is 1.21. The third-order valence-corrected chi connectivity index (χ3v) is 4.68. The van der Waals surface area contributed by atoms with Crippen LogP contribution in [0.15, 0.2) is 67.0 Å². The molecule has 2 aromatic heterocycles. The van der Waals surface area contributed by atoms with Gasteiger partial charge in [-0.25, -0.2) is 9.37 Å². The molecule has 0 radical (unpaired) electrons. The first-order chi connectivity index (χ1) is 15.3. The van der Waals surface area contributed by atoms with E-state index in [4.69, 9.17) is 9.47 Å². The zero-order chi connectivity index (χ0) is 22.7. The summed E-state index contributed by atoms with van der Waals surface area (Å²) in [6.07, 6.45) is -1.94. The standard InChI is InChI=1S/C23H17F4N3O2/c1-31-21-10-18(32-13-17-7-4-15(11-28-17)23(25,26)27)8-9-19(21)20-12-29-22(30-20)14-2-5-16(24)6-3-14/h2-12H,13H2,1H3,(H,29,30). The third kappa shape index (κ3) is 4.72. The number of aromatic nitrogens is 3. The monoisotopic (exact) mass is 443 g/mol. The summed E-state index contributed by atoms with van der Waals surface area (Å²) >= 11 is 0. The summed E-state index contributed by atoms with van der Waals surface area (Å²) in [7, 11) is 1.51. The van der Waals surface area contributed by atoms with Crippen LogP contribution in [-0.4, -0.2) is 22.1 Å². The van der Waals surface area contributed by atoms with Crippen molar-refractivity contribution in [1.29, 1.82) is 0 Å². The highest BCUT2D eigenvalue weighted by molar-refractivity contribution is 5.70. The molecule has 0 amide bonds. The van der Waals surface area contributed by atoms with Gasteiger partial charge in [-0.3, -0.25) is 4.98 Å². The zero-order valence-electron chi connectivity index (χ0n) is 16.8. The Bertz CT molecular complexity index is 1200. The lowest BCUT2D eigenvalue weighted by Gasteiger charge is -2.11. The van der Waals surface area contributed by atoms with Crippen LogP contribution in [0.4, 0.5) is 17.6 Å². The van der Waals surface area contributed by atoms with Gasteiger partial charge < -0.3 is 14.5 Å². The molecule has 4 aromatic rings. The maximum Gasteiger partial charge on any atom is 0.417 e. The van der Waals surface area contributed by atoms with E-state index in [0.29, 0.717) is 34.3 Å². The Labute approximate surface area is 180 Å². The number of nitrogens with one attached hydrogen (secondary N) is 1. The third-order valence-electron chi connectivity index (χ3n) is 4.68. The molecule has 0 unspecified atom stereocenters. The van der Waals surface area contributed by atoms with E-state index < -0.39 is 11.7 Å². The summed E-state index contributed by atoms with van der Waals surface area (Å²) in [6.45, 7) is -0.00222. The molecule has 0 saturated carbocycles. The number of hydrogen-bond acceptors (Lipinski definition) is 4. The molecule has 0 spiro atoms. The second kappa shape index (κ2) is 8.70. The molecule has 0 aliphatic carbocycles. The van der Waals surface area contributed by atoms with E-state index in [1.165, 1.54) is 25.3 Å². The fraction of sp³-hybridized carbons (Fsp3) is 0.130. The smallest absolute Gasteiger partial charge is 0.417 e. The van der Waals surface area contributed by atoms with Crippen LogP contribution >= 0.6 is 0 Å². The van der Waals surface area contributed by atoms with Gasteiger partial charge in [0.15, 0.2) is 0 Å². The van der Waals surface area contributed by atoms with Crippen LogP contribution in [0.2, 0.25) is 0 Å². The molecule has 0 bridgehead atoms. The molecule has 2 heterocycles. The van der Waals surface area contributed by atoms with Gasteiger partial charge in [0.2, 0.25) is 0 Å². The molecular formula is C23H17F4N3O2. The molecule has 0 aliphatic rings. The molecule has 9 heteroatoms. The number of pyridine rings is 1. The molecule has 0 aliphatic heterocycles. The Kier molecular flexibility index (Phi) is 5.81. The number of hydrogen-bond donors (Lipinski definition) is 1. The Morgan fingerprint density at radius 2 is 1.78 bits per heavy atom. The topological polar surface area (TPSA) is 60.0 Å². The molecule has 2 aromatic carbocycles. The SMILES string of the molecule is COc1cc(OCc2ccc(C(F)(F)F)cn2)ccc1-c1c[nH]c(-c2ccc(F)cc2)n1. The van der Waals surface area contributed by atoms with E-state index in [9.17, 15) is 17.6 Å². The quantitative estimate of drug-likeness (QED) is 0.378. The van der Waals surface area contributed by atoms with Crippen molar-refractivity contribution in [3.05, 3.63) is 84.1 Å². The van der Waals surface area contributed by atoms with Gasteiger partial charge in [0.05, 0.1) is 24.1 Å². The number of aromatic amines is 1. The second-order valence-corrected chi connectivity index (χ2v) is 6.83. The molecule has 164 valence electrons. The highest BCUT2D eigenvalue weighted by Gasteiger charge is 2.30. The summed E-state index contributed by atoms with van der Waals surface area (Å²) in [6, 6.07) is 13.3. The van der Waals surface area contributed by atoms with Crippen molar-refractivity contribution in [2.75, 3.05) is 7.11 Å². The minimum atomic E-state index is -4.43. The van der Waals surface area contributed by atoms with Gasteiger partial charge in [-0.1, -0.05) is 0 Å². The molecule has 0 fully saturated rings. The Balaban J connectivity index is 1.49. The normalized spacial score (nSPS) is 11.4. The highest BCUT2D eigenvalue weighted by atomic mass is 19.4. The number of benzene rings is 2. The van der Waals surface area contributed by atoms with Gasteiger partial charge in [-0.15, -0.1) is 0 Å². The van der Waals surface area contributed by atoms with Gasteiger partial charge >= 0.3 is 6.18 Å². The summed E-state index contributed by atoms with van der Waals surface area (Å²) in [4.78, 5) is 11.4. The lowest BCUT2D eigenvalue weighted by atomic mass is 10.1. The molecule has 0 saturated heterocycles. The van der Waals surface area contributed by atoms with Crippen LogP contribution in [0.1, 0.15) is 11.3 Å². The van der Waals surface area contributed by atoms with Crippen molar-refractivity contribution < 1.29 is 27.0 Å². The number of halogens is 4. The first-order valence-electron chi connectivity index (χ1n) is 9.48. The van der Waals surface area contributed by atoms with Crippen molar-refractivity contribution in [3.8, 4) is 34.1 Å². The number of H-pyrrole nitrogens is 1. The van der Waals surface area contributed by atoms with Crippen molar-refractivity contribution in [1.82, 2.24) is 15.0 Å². The van der Waals surface area contributed by atoms with Gasteiger partial charge in [0.25, 0.3) is 0 Å². The number of methoxy groups -OCH3 is 1. The molecular weight excluding hydrogens is 426 g/mol. The number of rotatable bonds is 6. The van der Waals surface area contributed by atoms with Gasteiger partial charge in [0.1, 0.15) is 29.7 Å². The molecule has 32 heavy (non-hydrogen) atoms. The van der Waals surface area contributed by atoms with Gasteiger partial charge in [-0.05, 0) is 48.5 Å². The van der Waals surface area contributed by atoms with Crippen LogP contribution in [0.25, 0.3) is 22.6 Å². The van der Waals surface area contributed by atoms with Crippen LogP contribution in [0.3, 0.4) is 0 Å². The predicted octanol–water partition coefficient (Wildman–Crippen LogP) is 5.88. The Hall–Kier alpha value is -3.88. The van der Waals surface area contributed by atoms with Crippen LogP contribution in [0.5, 0.6) is 11.5 Å². The fourth-order valence-electron chi connectivity index (χ4n) is 3.02. The Morgan fingerprint density at radius 1 is 1.00 bits per heavy atom. The average molecular weight is 443 g/mol. The molecule has 4 rings (SSSR count). The number of imidazole rings is 1. The second-order valence-electron chi connectivity index (χ2n) is 6.83. The largest absolute Gasteiger partial charge is 0.496 e. The summed E-state index contributed by atoms with van der Waals surface area (Å²) in [5.41, 5.74) is 1.61. The van der Waals surface area contributed by atoms with E-state index in [2.05, 4.69) is 15.0 Å². The maximum atomic E-state index is 13.1. The van der Waals surface area contributed by atoms with Crippen molar-refractivity contribution >= 4 is 0 Å². The van der Waals surface area contributed by atoms with E-state index >= 15 is 0 Å². The Morgan fingerprint density at radius 3 is 2.44 bits per heavy atom. The first-order valence-corrected chi connectivity index (χ1v) is 9.48. The minimum absolute atomic E-state index is 0.00222. The van der Waals surface area contributed by atoms with E-state index in [0.717, 1.165) is 17.8 Å². The van der Waals surface area contributed by atoms with Crippen molar-refractivity contribution in [3.63, 3.8) is 0 Å². The number of alkyl halides is 3. The highest BCUT2D eigenvalue weighted by Crippen LogP contribution is 2.34. The summed E-state index contributed by atoms with van der Waals surface area (Å²) in [5, 5.41) is 0. The van der Waals surface area contributed by atoms with Crippen LogP contribution in [0, 0.1) is 5.82 Å². The van der Waals surface area contributed by atoms with E-state index in [1.807, 2.05) is 0 Å². The fourth-order valence-corrected chi connectivity index (χ4v) is 3.02. The predicted molar refractivity (Wildman–Crippen MR) is 110 cm³/mol. The van der Waals surface area contributed by atoms with Crippen molar-refractivity contribution in [2.45, 2.75) is 12.8 Å². The van der Waals surface area contributed by atoms with Crippen molar-refractivity contribution in [2.24, 2.45) is 0 Å². The van der Waals surface area contributed by atoms with Crippen LogP contribution in [-0.2, 0) is 12.8 Å². The lowest BCUT2D eigenvalue weighted by molar-refractivity contribution is -0.137. The number of ether oxygens (including phenoxy) is 2. The molecule has 5 nitrogen and oxygen atoms in total. The lowest BCUT2D eigenvalue weighted by Crippen LogP contribution is -2.06. The molecule has 1 N–H and O–H groups in total. The van der Waals surface area contributed by atoms with E-state index in [1.54, 1.807) is 36.5 Å². The maximum absolute atomic E-state index is 13.1. The van der Waals surface area contributed by atoms with Gasteiger partial charge in [0, 0.05) is 29.6 Å². The van der Waals surface area contributed by atoms with Crippen LogP contribution < -0.4 is 9.47 Å². The van der Waals surface area contributed by atoms with Gasteiger partial charge in [-0.2, -0.15) is 13.2 Å². The number of nitrogens with zero attached hydrogens (tertiary/aromatic N) is 2.